The Morgan fingerprint density at radius 3 is 2.06 bits per heavy atom. The van der Waals surface area contributed by atoms with Gasteiger partial charge in [0.2, 0.25) is 11.8 Å². The van der Waals surface area contributed by atoms with E-state index in [-0.39, 0.29) is 17.7 Å². The second-order valence-corrected chi connectivity index (χ2v) is 3.41. The number of carbonyl (C=O) groups is 2. The van der Waals surface area contributed by atoms with Crippen molar-refractivity contribution in [2.45, 2.75) is 46.5 Å². The Balaban J connectivity index is 0.000000659. The number of nitrogens with one attached hydrogen (secondary N) is 1. The van der Waals surface area contributed by atoms with Gasteiger partial charge in [-0.05, 0) is 12.0 Å². The molecule has 0 radical (unpaired) electrons. The van der Waals surface area contributed by atoms with Crippen molar-refractivity contribution in [3.63, 3.8) is 0 Å². The molecular formula is C15H23NO2. The van der Waals surface area contributed by atoms with Crippen LogP contribution in [0.1, 0.15) is 52.0 Å². The SMILES string of the molecule is CC.CC.O=C1CCC(c2ccccc2)C(=O)N1. The van der Waals surface area contributed by atoms with E-state index in [9.17, 15) is 9.59 Å². The monoisotopic (exact) mass is 249 g/mol. The molecule has 1 atom stereocenters. The Labute approximate surface area is 110 Å². The lowest BCUT2D eigenvalue weighted by molar-refractivity contribution is -0.134. The summed E-state index contributed by atoms with van der Waals surface area (Å²) in [6, 6.07) is 9.55. The molecule has 2 amide bonds. The lowest BCUT2D eigenvalue weighted by atomic mass is 9.91. The van der Waals surface area contributed by atoms with Crippen LogP contribution in [0.15, 0.2) is 30.3 Å². The molecule has 18 heavy (non-hydrogen) atoms. The average Bonchev–Trinajstić information content (AvgIpc) is 2.44. The first-order chi connectivity index (χ1) is 8.77. The first-order valence-corrected chi connectivity index (χ1v) is 6.66. The maximum absolute atomic E-state index is 11.5. The number of benzene rings is 1. The minimum Gasteiger partial charge on any atom is -0.296 e. The quantitative estimate of drug-likeness (QED) is 0.776. The largest absolute Gasteiger partial charge is 0.296 e. The van der Waals surface area contributed by atoms with Crippen molar-refractivity contribution < 1.29 is 9.59 Å². The third-order valence-electron chi connectivity index (χ3n) is 2.44. The van der Waals surface area contributed by atoms with E-state index in [4.69, 9.17) is 0 Å². The maximum Gasteiger partial charge on any atom is 0.234 e. The molecule has 100 valence electrons. The van der Waals surface area contributed by atoms with Gasteiger partial charge in [-0.1, -0.05) is 58.0 Å². The highest BCUT2D eigenvalue weighted by atomic mass is 16.2. The van der Waals surface area contributed by atoms with Crippen molar-refractivity contribution in [2.75, 3.05) is 0 Å². The van der Waals surface area contributed by atoms with Crippen molar-refractivity contribution in [3.8, 4) is 0 Å². The Bertz CT molecular complexity index is 360. The van der Waals surface area contributed by atoms with Gasteiger partial charge in [0.15, 0.2) is 0 Å². The van der Waals surface area contributed by atoms with Crippen LogP contribution >= 0.6 is 0 Å². The molecule has 0 bridgehead atoms. The van der Waals surface area contributed by atoms with Crippen LogP contribution in [0.5, 0.6) is 0 Å². The molecule has 1 aliphatic rings. The predicted molar refractivity (Wildman–Crippen MR) is 74.3 cm³/mol. The number of rotatable bonds is 1. The van der Waals surface area contributed by atoms with E-state index < -0.39 is 0 Å². The van der Waals surface area contributed by atoms with Crippen molar-refractivity contribution in [1.82, 2.24) is 5.32 Å². The van der Waals surface area contributed by atoms with Gasteiger partial charge in [0.25, 0.3) is 0 Å². The van der Waals surface area contributed by atoms with E-state index in [2.05, 4.69) is 5.32 Å². The molecular weight excluding hydrogens is 226 g/mol. The maximum atomic E-state index is 11.5. The number of piperidine rings is 1. The molecule has 0 saturated carbocycles. The summed E-state index contributed by atoms with van der Waals surface area (Å²) in [5.74, 6) is -0.497. The van der Waals surface area contributed by atoms with Gasteiger partial charge in [-0.25, -0.2) is 0 Å². The summed E-state index contributed by atoms with van der Waals surface area (Å²) in [5.41, 5.74) is 0.984. The van der Waals surface area contributed by atoms with Crippen LogP contribution in [0.4, 0.5) is 0 Å². The van der Waals surface area contributed by atoms with Crippen LogP contribution in [0, 0.1) is 0 Å². The number of hydrogen-bond donors (Lipinski definition) is 1. The molecule has 1 heterocycles. The Hall–Kier alpha value is -1.64. The van der Waals surface area contributed by atoms with Gasteiger partial charge >= 0.3 is 0 Å². The molecule has 0 aliphatic carbocycles. The molecule has 0 aromatic heterocycles. The summed E-state index contributed by atoms with van der Waals surface area (Å²) in [5, 5.41) is 2.35. The van der Waals surface area contributed by atoms with Crippen molar-refractivity contribution in [1.29, 1.82) is 0 Å². The second-order valence-electron chi connectivity index (χ2n) is 3.41. The second kappa shape index (κ2) is 9.40. The highest BCUT2D eigenvalue weighted by Gasteiger charge is 2.27. The highest BCUT2D eigenvalue weighted by molar-refractivity contribution is 6.00. The Morgan fingerprint density at radius 1 is 1.00 bits per heavy atom. The van der Waals surface area contributed by atoms with Crippen LogP contribution in [0.25, 0.3) is 0 Å². The number of imide groups is 1. The van der Waals surface area contributed by atoms with Crippen LogP contribution in [-0.4, -0.2) is 11.8 Å². The summed E-state index contributed by atoms with van der Waals surface area (Å²) >= 11 is 0. The molecule has 1 saturated heterocycles. The van der Waals surface area contributed by atoms with Crippen LogP contribution < -0.4 is 5.32 Å². The summed E-state index contributed by atoms with van der Waals surface area (Å²) < 4.78 is 0. The first kappa shape index (κ1) is 16.4. The molecule has 1 unspecified atom stereocenters. The van der Waals surface area contributed by atoms with Gasteiger partial charge in [-0.2, -0.15) is 0 Å². The topological polar surface area (TPSA) is 46.2 Å². The third kappa shape index (κ3) is 4.70. The lowest BCUT2D eigenvalue weighted by Crippen LogP contribution is -2.39. The van der Waals surface area contributed by atoms with E-state index in [1.807, 2.05) is 58.0 Å². The zero-order valence-electron chi connectivity index (χ0n) is 11.7. The predicted octanol–water partition coefficient (Wildman–Crippen LogP) is 3.26. The van der Waals surface area contributed by atoms with E-state index in [0.717, 1.165) is 5.56 Å². The molecule has 0 spiro atoms. The molecule has 1 aliphatic heterocycles. The van der Waals surface area contributed by atoms with Crippen LogP contribution in [0.2, 0.25) is 0 Å². The number of hydrogen-bond acceptors (Lipinski definition) is 2. The first-order valence-electron chi connectivity index (χ1n) is 6.66. The average molecular weight is 249 g/mol. The third-order valence-corrected chi connectivity index (χ3v) is 2.44. The van der Waals surface area contributed by atoms with Gasteiger partial charge in [-0.3, -0.25) is 14.9 Å². The van der Waals surface area contributed by atoms with E-state index in [1.54, 1.807) is 0 Å². The standard InChI is InChI=1S/C11H11NO2.2C2H6/c13-10-7-6-9(11(14)12-10)8-4-2-1-3-5-8;2*1-2/h1-5,9H,6-7H2,(H,12,13,14);2*1-2H3. The van der Waals surface area contributed by atoms with Gasteiger partial charge in [0, 0.05) is 6.42 Å². The van der Waals surface area contributed by atoms with Gasteiger partial charge in [-0.15, -0.1) is 0 Å². The molecule has 3 nitrogen and oxygen atoms in total. The van der Waals surface area contributed by atoms with Gasteiger partial charge in [0.1, 0.15) is 0 Å². The highest BCUT2D eigenvalue weighted by Crippen LogP contribution is 2.23. The van der Waals surface area contributed by atoms with Crippen molar-refractivity contribution >= 4 is 11.8 Å². The lowest BCUT2D eigenvalue weighted by Gasteiger charge is -2.20. The molecule has 3 heteroatoms. The van der Waals surface area contributed by atoms with E-state index in [0.29, 0.717) is 12.8 Å². The zero-order chi connectivity index (χ0) is 14.0. The van der Waals surface area contributed by atoms with E-state index in [1.165, 1.54) is 0 Å². The minimum absolute atomic E-state index is 0.158. The fraction of sp³-hybridized carbons (Fsp3) is 0.467. The molecule has 2 rings (SSSR count). The van der Waals surface area contributed by atoms with Crippen LogP contribution in [-0.2, 0) is 9.59 Å². The Morgan fingerprint density at radius 2 is 1.56 bits per heavy atom. The Kier molecular flexibility index (Phi) is 8.54. The number of amides is 2. The van der Waals surface area contributed by atoms with Crippen molar-refractivity contribution in [3.05, 3.63) is 35.9 Å². The zero-order valence-corrected chi connectivity index (χ0v) is 11.7. The fourth-order valence-electron chi connectivity index (χ4n) is 1.70. The van der Waals surface area contributed by atoms with E-state index >= 15 is 0 Å². The molecule has 1 aromatic rings. The normalized spacial score (nSPS) is 17.7. The molecule has 1 N–H and O–H groups in total. The summed E-state index contributed by atoms with van der Waals surface area (Å²) in [6.07, 6.45) is 1.06. The van der Waals surface area contributed by atoms with Gasteiger partial charge < -0.3 is 0 Å². The fourth-order valence-corrected chi connectivity index (χ4v) is 1.70. The van der Waals surface area contributed by atoms with Crippen LogP contribution in [0.3, 0.4) is 0 Å². The molecule has 1 aromatic carbocycles. The smallest absolute Gasteiger partial charge is 0.234 e. The van der Waals surface area contributed by atoms with Crippen molar-refractivity contribution in [2.24, 2.45) is 0 Å². The molecule has 1 fully saturated rings. The van der Waals surface area contributed by atoms with Gasteiger partial charge in [0.05, 0.1) is 5.92 Å². The summed E-state index contributed by atoms with van der Waals surface area (Å²) in [4.78, 5) is 22.4. The summed E-state index contributed by atoms with van der Waals surface area (Å²) in [6.45, 7) is 8.00. The minimum atomic E-state index is -0.174. The number of carbonyl (C=O) groups excluding carboxylic acids is 2. The summed E-state index contributed by atoms with van der Waals surface area (Å²) in [7, 11) is 0.